The molecule has 0 aliphatic heterocycles. The van der Waals surface area contributed by atoms with Crippen molar-refractivity contribution in [3.63, 3.8) is 0 Å². The van der Waals surface area contributed by atoms with Gasteiger partial charge in [0.2, 0.25) is 0 Å². The molecular formula is C48H82O6Si2. The molecule has 0 aromatic heterocycles. The van der Waals surface area contributed by atoms with Crippen LogP contribution in [0.5, 0.6) is 0 Å². The number of hydrogen-bond donors (Lipinski definition) is 0. The zero-order chi connectivity index (χ0) is 43.0. The summed E-state index contributed by atoms with van der Waals surface area (Å²) in [5.41, 5.74) is 3.13. The summed E-state index contributed by atoms with van der Waals surface area (Å²) in [6, 6.07) is 1.11. The fraction of sp³-hybridized carbons (Fsp3) is 0.625. The normalized spacial score (nSPS) is 16.2. The third kappa shape index (κ3) is 26.3. The van der Waals surface area contributed by atoms with Gasteiger partial charge in [0, 0.05) is 39.5 Å². The Morgan fingerprint density at radius 1 is 0.821 bits per heavy atom. The predicted molar refractivity (Wildman–Crippen MR) is 246 cm³/mol. The van der Waals surface area contributed by atoms with Crippen LogP contribution in [0.4, 0.5) is 0 Å². The van der Waals surface area contributed by atoms with E-state index in [-0.39, 0.29) is 53.7 Å². The number of rotatable bonds is 29. The van der Waals surface area contributed by atoms with Crippen molar-refractivity contribution in [1.82, 2.24) is 0 Å². The zero-order valence-electron chi connectivity index (χ0n) is 38.2. The van der Waals surface area contributed by atoms with E-state index in [9.17, 15) is 9.59 Å². The molecule has 0 radical (unpaired) electrons. The monoisotopic (exact) mass is 811 g/mol. The third-order valence-electron chi connectivity index (χ3n) is 10.1. The third-order valence-corrected chi connectivity index (χ3v) is 16.3. The number of unbranched alkanes of at least 4 members (excludes halogenated alkanes) is 1. The fourth-order valence-corrected chi connectivity index (χ4v) is 7.61. The number of hydrogen-bond acceptors (Lipinski definition) is 6. The number of esters is 1. The SMILES string of the molecule is C=C[C@@H](C)[C@@H](CC/C=C/C=C(\C)CC(OC(=O)/C=C/CCC[C@H](C=C)OCOCC[Si](C)(C)C)[C@H](C)/C=C(C)/C=C/CC(=O)C=C(C)C)O[Si](C)(C)C(C)(C)C. The van der Waals surface area contributed by atoms with Crippen LogP contribution < -0.4 is 0 Å². The quantitative estimate of drug-likeness (QED) is 0.0143. The molecule has 0 rings (SSSR count). The molecular weight excluding hydrogens is 729 g/mol. The van der Waals surface area contributed by atoms with E-state index < -0.39 is 16.4 Å². The highest BCUT2D eigenvalue weighted by Crippen LogP contribution is 2.38. The maximum absolute atomic E-state index is 13.1. The van der Waals surface area contributed by atoms with Crippen LogP contribution >= 0.6 is 0 Å². The van der Waals surface area contributed by atoms with Crippen LogP contribution in [0, 0.1) is 11.8 Å². The molecule has 0 heterocycles. The smallest absolute Gasteiger partial charge is 0.330 e. The van der Waals surface area contributed by atoms with E-state index in [4.69, 9.17) is 18.6 Å². The minimum atomic E-state index is -1.91. The molecule has 1 unspecified atom stereocenters. The summed E-state index contributed by atoms with van der Waals surface area (Å²) in [5, 5.41) is 0.149. The number of ether oxygens (including phenoxy) is 3. The Morgan fingerprint density at radius 3 is 2.09 bits per heavy atom. The molecule has 0 N–H and O–H groups in total. The Labute approximate surface area is 346 Å². The summed E-state index contributed by atoms with van der Waals surface area (Å²) in [4.78, 5) is 25.2. The summed E-state index contributed by atoms with van der Waals surface area (Å²) < 4.78 is 24.4. The lowest BCUT2D eigenvalue weighted by atomic mass is 9.95. The van der Waals surface area contributed by atoms with Gasteiger partial charge in [-0.05, 0) is 96.0 Å². The summed E-state index contributed by atoms with van der Waals surface area (Å²) >= 11 is 0. The van der Waals surface area contributed by atoms with E-state index in [0.29, 0.717) is 12.8 Å². The Morgan fingerprint density at radius 2 is 1.50 bits per heavy atom. The highest BCUT2D eigenvalue weighted by atomic mass is 28.4. The Balaban J connectivity index is 5.60. The molecule has 0 aliphatic rings. The minimum Gasteiger partial charge on any atom is -0.458 e. The van der Waals surface area contributed by atoms with E-state index in [1.165, 1.54) is 0 Å². The predicted octanol–water partition coefficient (Wildman–Crippen LogP) is 13.5. The molecule has 318 valence electrons. The van der Waals surface area contributed by atoms with Gasteiger partial charge in [0.1, 0.15) is 12.9 Å². The first-order valence-corrected chi connectivity index (χ1v) is 27.5. The summed E-state index contributed by atoms with van der Waals surface area (Å²) in [6.07, 6.45) is 26.1. The van der Waals surface area contributed by atoms with Crippen LogP contribution in [-0.2, 0) is 28.2 Å². The van der Waals surface area contributed by atoms with Crippen LogP contribution in [0.3, 0.4) is 0 Å². The first-order chi connectivity index (χ1) is 26.0. The van der Waals surface area contributed by atoms with E-state index >= 15 is 0 Å². The van der Waals surface area contributed by atoms with Crippen molar-refractivity contribution >= 4 is 28.1 Å². The van der Waals surface area contributed by atoms with Crippen LogP contribution in [0.1, 0.15) is 107 Å². The average Bonchev–Trinajstić information content (AvgIpc) is 3.07. The summed E-state index contributed by atoms with van der Waals surface area (Å²) in [7, 11) is -3.03. The Kier molecular flexibility index (Phi) is 26.6. The first kappa shape index (κ1) is 53.4. The molecule has 56 heavy (non-hydrogen) atoms. The summed E-state index contributed by atoms with van der Waals surface area (Å²) in [5.74, 6) is -0.0456. The molecule has 0 amide bonds. The molecule has 0 aromatic carbocycles. The Hall–Kier alpha value is -2.63. The fourth-order valence-electron chi connectivity index (χ4n) is 5.41. The standard InChI is InChI=1S/C48H82O6Si2/c1-17-41(7)45(54-56(15,16)48(9,10)11)30-23-19-21-26-40(6)36-46(42(8)35-39(5)27-25-28-43(49)34-38(3)4)53-47(50)31-24-20-22-29-44(18-2)52-37-51-32-33-55(12,13)14/h17-19,21,24-27,31,34-35,41-42,44-46H,1-2,20,22-23,28-30,32-33,36-37H2,3-16H3/b21-19+,27-25+,31-24+,39-35+,40-26+/t41-,42-,44+,45-,46?/m1/s1. The molecule has 5 atom stereocenters. The lowest BCUT2D eigenvalue weighted by Crippen LogP contribution is -2.45. The number of allylic oxidation sites excluding steroid dienone is 9. The lowest BCUT2D eigenvalue weighted by Gasteiger charge is -2.40. The van der Waals surface area contributed by atoms with Crippen molar-refractivity contribution in [2.75, 3.05) is 13.4 Å². The summed E-state index contributed by atoms with van der Waals surface area (Å²) in [6.45, 7) is 39.6. The topological polar surface area (TPSA) is 71.1 Å². The molecule has 8 heteroatoms. The van der Waals surface area contributed by atoms with Crippen molar-refractivity contribution in [1.29, 1.82) is 0 Å². The van der Waals surface area contributed by atoms with E-state index in [0.717, 1.165) is 61.5 Å². The van der Waals surface area contributed by atoms with Crippen molar-refractivity contribution in [3.8, 4) is 0 Å². The van der Waals surface area contributed by atoms with E-state index in [1.54, 1.807) is 12.2 Å². The highest BCUT2D eigenvalue weighted by Gasteiger charge is 2.39. The van der Waals surface area contributed by atoms with Crippen LogP contribution in [0.15, 0.2) is 96.7 Å². The average molecular weight is 811 g/mol. The van der Waals surface area contributed by atoms with E-state index in [1.807, 2.05) is 51.2 Å². The Bertz CT molecular complexity index is 1360. The maximum atomic E-state index is 13.1. The second-order valence-corrected chi connectivity index (χ2v) is 28.8. The molecule has 0 saturated heterocycles. The van der Waals surface area contributed by atoms with Crippen molar-refractivity contribution < 1.29 is 28.2 Å². The van der Waals surface area contributed by atoms with Gasteiger partial charge in [-0.3, -0.25) is 4.79 Å². The lowest BCUT2D eigenvalue weighted by molar-refractivity contribution is -0.144. The maximum Gasteiger partial charge on any atom is 0.330 e. The molecule has 0 spiro atoms. The van der Waals surface area contributed by atoms with Crippen molar-refractivity contribution in [2.24, 2.45) is 11.8 Å². The number of carbonyl (C=O) groups excluding carboxylic acids is 2. The van der Waals surface area contributed by atoms with Crippen LogP contribution in [-0.4, -0.2) is 59.9 Å². The van der Waals surface area contributed by atoms with Gasteiger partial charge in [-0.1, -0.05) is 126 Å². The highest BCUT2D eigenvalue weighted by molar-refractivity contribution is 6.76. The molecule has 0 aromatic rings. The van der Waals surface area contributed by atoms with Gasteiger partial charge in [0.25, 0.3) is 0 Å². The number of carbonyl (C=O) groups is 2. The first-order valence-electron chi connectivity index (χ1n) is 20.9. The largest absolute Gasteiger partial charge is 0.458 e. The second-order valence-electron chi connectivity index (χ2n) is 18.4. The van der Waals surface area contributed by atoms with Gasteiger partial charge in [-0.2, -0.15) is 0 Å². The molecule has 0 saturated carbocycles. The molecule has 0 aliphatic carbocycles. The second kappa shape index (κ2) is 27.9. The molecule has 6 nitrogen and oxygen atoms in total. The van der Waals surface area contributed by atoms with Gasteiger partial charge < -0.3 is 18.6 Å². The molecule has 0 bridgehead atoms. The van der Waals surface area contributed by atoms with Gasteiger partial charge in [-0.25, -0.2) is 4.79 Å². The van der Waals surface area contributed by atoms with Gasteiger partial charge in [-0.15, -0.1) is 13.2 Å². The van der Waals surface area contributed by atoms with Crippen LogP contribution in [0.25, 0.3) is 0 Å². The van der Waals surface area contributed by atoms with Crippen molar-refractivity contribution in [3.05, 3.63) is 96.7 Å². The van der Waals surface area contributed by atoms with E-state index in [2.05, 4.69) is 112 Å². The van der Waals surface area contributed by atoms with Gasteiger partial charge in [0.05, 0.1) is 12.2 Å². The van der Waals surface area contributed by atoms with Gasteiger partial charge >= 0.3 is 5.97 Å². The van der Waals surface area contributed by atoms with Gasteiger partial charge in [0.15, 0.2) is 14.1 Å². The zero-order valence-corrected chi connectivity index (χ0v) is 40.2. The molecule has 0 fully saturated rings. The number of ketones is 1. The minimum absolute atomic E-state index is 0.0510. The van der Waals surface area contributed by atoms with Crippen molar-refractivity contribution in [2.45, 2.75) is 169 Å². The van der Waals surface area contributed by atoms with Crippen LogP contribution in [0.2, 0.25) is 43.8 Å².